The molecule has 1 aromatic heterocycles. The fourth-order valence-electron chi connectivity index (χ4n) is 0.565. The minimum atomic E-state index is 0.621. The van der Waals surface area contributed by atoms with Crippen molar-refractivity contribution in [1.29, 1.82) is 0 Å². The lowest BCUT2D eigenvalue weighted by molar-refractivity contribution is 0.855. The molecule has 5 nitrogen and oxygen atoms in total. The summed E-state index contributed by atoms with van der Waals surface area (Å²) in [6, 6.07) is 0. The van der Waals surface area contributed by atoms with E-state index in [0.29, 0.717) is 6.54 Å². The molecular weight excluding hydrogens is 150 g/mol. The fourth-order valence-corrected chi connectivity index (χ4v) is 1.01. The predicted molar refractivity (Wildman–Crippen MR) is 40.0 cm³/mol. The number of anilines is 1. The topological polar surface area (TPSA) is 67.9 Å². The van der Waals surface area contributed by atoms with Crippen molar-refractivity contribution in [3.05, 3.63) is 0 Å². The molecule has 0 amide bonds. The van der Waals surface area contributed by atoms with Gasteiger partial charge in [0.2, 0.25) is 5.13 Å². The van der Waals surface area contributed by atoms with Gasteiger partial charge in [-0.25, -0.2) is 0 Å². The maximum Gasteiger partial charge on any atom is 0.227 e. The third-order valence-electron chi connectivity index (χ3n) is 1.08. The van der Waals surface area contributed by atoms with Crippen LogP contribution in [-0.4, -0.2) is 34.9 Å². The molecule has 0 aliphatic carbocycles. The summed E-state index contributed by atoms with van der Waals surface area (Å²) in [6.07, 6.45) is 0. The zero-order valence-corrected chi connectivity index (χ0v) is 6.51. The first-order valence-corrected chi connectivity index (χ1v) is 3.68. The summed E-state index contributed by atoms with van der Waals surface area (Å²) >= 11 is 1.27. The van der Waals surface area contributed by atoms with Gasteiger partial charge in [0.25, 0.3) is 0 Å². The highest BCUT2D eigenvalue weighted by Gasteiger charge is 2.02. The van der Waals surface area contributed by atoms with Crippen LogP contribution in [0.15, 0.2) is 0 Å². The minimum Gasteiger partial charge on any atom is -0.347 e. The summed E-state index contributed by atoms with van der Waals surface area (Å²) in [4.78, 5) is 1.92. The summed E-state index contributed by atoms with van der Waals surface area (Å²) in [5.41, 5.74) is 5.33. The molecular formula is C4H9N5S. The number of aromatic nitrogens is 3. The largest absolute Gasteiger partial charge is 0.347 e. The summed E-state index contributed by atoms with van der Waals surface area (Å²) in [5, 5.41) is 8.03. The highest BCUT2D eigenvalue weighted by atomic mass is 32.1. The molecule has 6 heteroatoms. The monoisotopic (exact) mass is 159 g/mol. The Morgan fingerprint density at radius 2 is 2.50 bits per heavy atom. The van der Waals surface area contributed by atoms with Crippen LogP contribution in [0.25, 0.3) is 0 Å². The molecule has 10 heavy (non-hydrogen) atoms. The fraction of sp³-hybridized carbons (Fsp3) is 0.750. The van der Waals surface area contributed by atoms with Crippen LogP contribution in [0, 0.1) is 0 Å². The number of nitrogens with two attached hydrogens (primary N) is 1. The van der Waals surface area contributed by atoms with E-state index in [1.807, 2.05) is 11.9 Å². The van der Waals surface area contributed by atoms with Crippen LogP contribution in [0.2, 0.25) is 0 Å². The van der Waals surface area contributed by atoms with Crippen molar-refractivity contribution in [2.75, 3.05) is 25.0 Å². The van der Waals surface area contributed by atoms with Crippen molar-refractivity contribution >= 4 is 16.7 Å². The number of hydrogen-bond donors (Lipinski definition) is 1. The van der Waals surface area contributed by atoms with Gasteiger partial charge in [-0.1, -0.05) is 9.59 Å². The Balaban J connectivity index is 2.50. The first-order chi connectivity index (χ1) is 4.84. The predicted octanol–water partition coefficient (Wildman–Crippen LogP) is -0.672. The molecule has 0 unspecified atom stereocenters. The summed E-state index contributed by atoms with van der Waals surface area (Å²) < 4.78 is 3.62. The molecule has 0 fully saturated rings. The molecule has 0 aliphatic rings. The lowest BCUT2D eigenvalue weighted by Gasteiger charge is -2.11. The Hall–Kier alpha value is -0.750. The highest BCUT2D eigenvalue weighted by Crippen LogP contribution is 2.09. The molecule has 1 rings (SSSR count). The zero-order chi connectivity index (χ0) is 7.40. The van der Waals surface area contributed by atoms with E-state index in [2.05, 4.69) is 14.8 Å². The van der Waals surface area contributed by atoms with Crippen molar-refractivity contribution in [3.8, 4) is 0 Å². The maximum absolute atomic E-state index is 5.33. The van der Waals surface area contributed by atoms with Crippen LogP contribution in [0.3, 0.4) is 0 Å². The molecule has 0 saturated carbocycles. The molecule has 0 aromatic carbocycles. The normalized spacial score (nSPS) is 9.80. The number of nitrogens with zero attached hydrogens (tertiary/aromatic N) is 4. The number of rotatable bonds is 3. The Bertz CT molecular complexity index is 174. The Morgan fingerprint density at radius 3 is 3.00 bits per heavy atom. The number of hydrogen-bond acceptors (Lipinski definition) is 6. The van der Waals surface area contributed by atoms with Gasteiger partial charge in [-0.3, -0.25) is 0 Å². The summed E-state index contributed by atoms with van der Waals surface area (Å²) in [6.45, 7) is 1.41. The molecule has 0 atom stereocenters. The van der Waals surface area contributed by atoms with Crippen molar-refractivity contribution in [2.45, 2.75) is 0 Å². The van der Waals surface area contributed by atoms with Gasteiger partial charge >= 0.3 is 0 Å². The minimum absolute atomic E-state index is 0.621. The average Bonchev–Trinajstić information content (AvgIpc) is 2.38. The van der Waals surface area contributed by atoms with E-state index in [9.17, 15) is 0 Å². The SMILES string of the molecule is CN(CCN)c1nnns1. The molecule has 0 spiro atoms. The van der Waals surface area contributed by atoms with E-state index in [0.717, 1.165) is 11.7 Å². The smallest absolute Gasteiger partial charge is 0.227 e. The Kier molecular flexibility index (Phi) is 2.52. The quantitative estimate of drug-likeness (QED) is 0.633. The van der Waals surface area contributed by atoms with E-state index in [4.69, 9.17) is 5.73 Å². The third-order valence-corrected chi connectivity index (χ3v) is 1.79. The van der Waals surface area contributed by atoms with Gasteiger partial charge in [-0.05, 0) is 5.21 Å². The van der Waals surface area contributed by atoms with Crippen LogP contribution in [0.5, 0.6) is 0 Å². The second-order valence-corrected chi connectivity index (χ2v) is 2.57. The van der Waals surface area contributed by atoms with E-state index >= 15 is 0 Å². The van der Waals surface area contributed by atoms with E-state index in [1.165, 1.54) is 11.5 Å². The Morgan fingerprint density at radius 1 is 1.70 bits per heavy atom. The van der Waals surface area contributed by atoms with E-state index in [-0.39, 0.29) is 0 Å². The van der Waals surface area contributed by atoms with Crippen LogP contribution in [0.4, 0.5) is 5.13 Å². The van der Waals surface area contributed by atoms with Crippen LogP contribution in [-0.2, 0) is 0 Å². The molecule has 56 valence electrons. The van der Waals surface area contributed by atoms with Crippen molar-refractivity contribution in [3.63, 3.8) is 0 Å². The molecule has 0 radical (unpaired) electrons. The molecule has 0 saturated heterocycles. The molecule has 1 aromatic rings. The zero-order valence-electron chi connectivity index (χ0n) is 5.69. The van der Waals surface area contributed by atoms with Crippen LogP contribution in [0.1, 0.15) is 0 Å². The van der Waals surface area contributed by atoms with Gasteiger partial charge in [0.05, 0.1) is 0 Å². The van der Waals surface area contributed by atoms with Crippen molar-refractivity contribution < 1.29 is 0 Å². The lowest BCUT2D eigenvalue weighted by atomic mass is 10.6. The standard InChI is InChI=1S/C4H9N5S/c1-9(3-2-5)4-6-7-8-10-4/h2-3,5H2,1H3. The summed E-state index contributed by atoms with van der Waals surface area (Å²) in [5.74, 6) is 0. The molecule has 2 N–H and O–H groups in total. The third kappa shape index (κ3) is 1.61. The van der Waals surface area contributed by atoms with Gasteiger partial charge in [-0.15, -0.1) is 0 Å². The van der Waals surface area contributed by atoms with Crippen molar-refractivity contribution in [2.24, 2.45) is 5.73 Å². The molecule has 1 heterocycles. The van der Waals surface area contributed by atoms with Crippen LogP contribution >= 0.6 is 11.5 Å². The first-order valence-electron chi connectivity index (χ1n) is 2.91. The van der Waals surface area contributed by atoms with Gasteiger partial charge in [0, 0.05) is 31.7 Å². The van der Waals surface area contributed by atoms with Gasteiger partial charge < -0.3 is 10.6 Å². The highest BCUT2D eigenvalue weighted by molar-refractivity contribution is 7.09. The molecule has 0 aliphatic heterocycles. The van der Waals surface area contributed by atoms with Gasteiger partial charge in [0.1, 0.15) is 0 Å². The second kappa shape index (κ2) is 3.43. The molecule has 0 bridgehead atoms. The maximum atomic E-state index is 5.33. The second-order valence-electron chi connectivity index (χ2n) is 1.86. The first kappa shape index (κ1) is 7.36. The van der Waals surface area contributed by atoms with Gasteiger partial charge in [0.15, 0.2) is 0 Å². The summed E-state index contributed by atoms with van der Waals surface area (Å²) in [7, 11) is 1.91. The van der Waals surface area contributed by atoms with Crippen LogP contribution < -0.4 is 10.6 Å². The lowest BCUT2D eigenvalue weighted by Crippen LogP contribution is -2.24. The average molecular weight is 159 g/mol. The number of likely N-dealkylation sites (N-methyl/N-ethyl adjacent to an activating group) is 1. The van der Waals surface area contributed by atoms with E-state index < -0.39 is 0 Å². The van der Waals surface area contributed by atoms with Gasteiger partial charge in [-0.2, -0.15) is 0 Å². The Labute approximate surface area is 63.0 Å². The van der Waals surface area contributed by atoms with Crippen molar-refractivity contribution in [1.82, 2.24) is 14.8 Å². The van der Waals surface area contributed by atoms with E-state index in [1.54, 1.807) is 0 Å².